The van der Waals surface area contributed by atoms with E-state index >= 15 is 0 Å². The molecule has 0 fully saturated rings. The molecule has 0 spiro atoms. The molecule has 0 saturated carbocycles. The molecule has 1 aromatic rings. The molecule has 0 bridgehead atoms. The van der Waals surface area contributed by atoms with Crippen molar-refractivity contribution in [2.75, 3.05) is 19.3 Å². The minimum Gasteiger partial charge on any atom is -0.326 e. The third-order valence-corrected chi connectivity index (χ3v) is 3.20. The molecule has 0 atom stereocenters. The number of nitrogens with one attached hydrogen (secondary N) is 1. The number of benzene rings is 1. The molecule has 0 heterocycles. The number of nitriles is 1. The Bertz CT molecular complexity index is 388. The van der Waals surface area contributed by atoms with Gasteiger partial charge >= 0.3 is 6.03 Å². The van der Waals surface area contributed by atoms with Crippen LogP contribution in [0.25, 0.3) is 0 Å². The van der Waals surface area contributed by atoms with Crippen LogP contribution < -0.4 is 5.32 Å². The zero-order valence-electron chi connectivity index (χ0n) is 9.72. The maximum atomic E-state index is 11.2. The van der Waals surface area contributed by atoms with Crippen molar-refractivity contribution in [2.24, 2.45) is 0 Å². The summed E-state index contributed by atoms with van der Waals surface area (Å²) in [4.78, 5) is 12.7. The van der Waals surface area contributed by atoms with Gasteiger partial charge in [-0.3, -0.25) is 0 Å². The van der Waals surface area contributed by atoms with Crippen LogP contribution >= 0.6 is 11.8 Å². The molecule has 0 saturated heterocycles. The van der Waals surface area contributed by atoms with Gasteiger partial charge in [0, 0.05) is 25.1 Å². The average molecular weight is 249 g/mol. The summed E-state index contributed by atoms with van der Waals surface area (Å²) in [6.45, 7) is 0.630. The smallest absolute Gasteiger partial charge is 0.326 e. The van der Waals surface area contributed by atoms with Crippen LogP contribution in [0.1, 0.15) is 5.56 Å². The Kier molecular flexibility index (Phi) is 5.97. The number of hydrogen-bond donors (Lipinski definition) is 1. The number of nitrogens with zero attached hydrogens (tertiary/aromatic N) is 2. The van der Waals surface area contributed by atoms with Gasteiger partial charge in [-0.05, 0) is 5.56 Å². The highest BCUT2D eigenvalue weighted by molar-refractivity contribution is 7.98. The van der Waals surface area contributed by atoms with E-state index in [2.05, 4.69) is 17.4 Å². The molecule has 1 rings (SSSR count). The summed E-state index contributed by atoms with van der Waals surface area (Å²) in [7, 11) is 1.68. The van der Waals surface area contributed by atoms with Crippen LogP contribution in [0.15, 0.2) is 30.3 Å². The highest BCUT2D eigenvalue weighted by Gasteiger charge is 2.06. The minimum absolute atomic E-state index is 0.354. The van der Waals surface area contributed by atoms with E-state index in [1.807, 2.05) is 18.2 Å². The first-order valence-electron chi connectivity index (χ1n) is 5.26. The molecule has 0 aromatic heterocycles. The Morgan fingerprint density at radius 1 is 1.47 bits per heavy atom. The van der Waals surface area contributed by atoms with E-state index in [4.69, 9.17) is 5.26 Å². The van der Waals surface area contributed by atoms with Crippen LogP contribution in [0.5, 0.6) is 0 Å². The van der Waals surface area contributed by atoms with E-state index in [0.29, 0.717) is 6.54 Å². The Hall–Kier alpha value is -1.67. The molecular weight excluding hydrogens is 234 g/mol. The van der Waals surface area contributed by atoms with Crippen LogP contribution in [0.4, 0.5) is 4.79 Å². The van der Waals surface area contributed by atoms with Crippen molar-refractivity contribution in [1.82, 2.24) is 10.2 Å². The molecule has 1 aromatic carbocycles. The highest BCUT2D eigenvalue weighted by Crippen LogP contribution is 2.11. The van der Waals surface area contributed by atoms with Gasteiger partial charge in [-0.2, -0.15) is 17.0 Å². The average Bonchev–Trinajstić information content (AvgIpc) is 2.36. The number of amides is 2. The van der Waals surface area contributed by atoms with E-state index in [-0.39, 0.29) is 6.03 Å². The summed E-state index contributed by atoms with van der Waals surface area (Å²) in [5.41, 5.74) is 1.28. The van der Waals surface area contributed by atoms with Gasteiger partial charge in [0.1, 0.15) is 0 Å². The molecule has 0 aliphatic carbocycles. The van der Waals surface area contributed by atoms with Gasteiger partial charge in [0.05, 0.1) is 0 Å². The van der Waals surface area contributed by atoms with E-state index in [1.54, 1.807) is 25.0 Å². The number of thioether (sulfide) groups is 1. The third kappa shape index (κ3) is 5.27. The molecular formula is C12H15N3OS. The van der Waals surface area contributed by atoms with Crippen molar-refractivity contribution in [1.29, 1.82) is 5.26 Å². The second kappa shape index (κ2) is 7.58. The van der Waals surface area contributed by atoms with Crippen molar-refractivity contribution in [2.45, 2.75) is 5.75 Å². The fourth-order valence-corrected chi connectivity index (χ4v) is 2.19. The first-order chi connectivity index (χ1) is 8.24. The predicted octanol–water partition coefficient (Wildman–Crippen LogP) is 2.04. The SMILES string of the molecule is CN(CCSCc1ccccc1)C(=O)NC#N. The minimum atomic E-state index is -0.354. The lowest BCUT2D eigenvalue weighted by Crippen LogP contribution is -2.35. The maximum absolute atomic E-state index is 11.2. The van der Waals surface area contributed by atoms with E-state index in [9.17, 15) is 4.79 Å². The summed E-state index contributed by atoms with van der Waals surface area (Å²) in [6.07, 6.45) is 1.62. The van der Waals surface area contributed by atoms with E-state index < -0.39 is 0 Å². The van der Waals surface area contributed by atoms with Gasteiger partial charge in [-0.15, -0.1) is 0 Å². The number of rotatable bonds is 5. The Morgan fingerprint density at radius 2 is 2.18 bits per heavy atom. The molecule has 17 heavy (non-hydrogen) atoms. The van der Waals surface area contributed by atoms with Gasteiger partial charge < -0.3 is 4.90 Å². The standard InChI is InChI=1S/C12H15N3OS/c1-15(12(16)14-10-13)7-8-17-9-11-5-3-2-4-6-11/h2-6H,7-9H2,1H3,(H,14,16). The van der Waals surface area contributed by atoms with Crippen molar-refractivity contribution < 1.29 is 4.79 Å². The lowest BCUT2D eigenvalue weighted by atomic mass is 10.2. The largest absolute Gasteiger partial charge is 0.330 e. The number of carbonyl (C=O) groups is 1. The Labute approximate surface area is 106 Å². The molecule has 4 nitrogen and oxygen atoms in total. The molecule has 0 radical (unpaired) electrons. The van der Waals surface area contributed by atoms with Gasteiger partial charge in [-0.25, -0.2) is 10.1 Å². The van der Waals surface area contributed by atoms with Crippen LogP contribution in [0.3, 0.4) is 0 Å². The molecule has 0 aliphatic rings. The van der Waals surface area contributed by atoms with Crippen molar-refractivity contribution in [3.8, 4) is 6.19 Å². The van der Waals surface area contributed by atoms with Crippen molar-refractivity contribution in [3.63, 3.8) is 0 Å². The number of hydrogen-bond acceptors (Lipinski definition) is 3. The molecule has 90 valence electrons. The predicted molar refractivity (Wildman–Crippen MR) is 69.4 cm³/mol. The second-order valence-corrected chi connectivity index (χ2v) is 4.61. The summed E-state index contributed by atoms with van der Waals surface area (Å²) in [5.74, 6) is 1.79. The van der Waals surface area contributed by atoms with E-state index in [1.165, 1.54) is 10.5 Å². The van der Waals surface area contributed by atoms with Crippen molar-refractivity contribution >= 4 is 17.8 Å². The molecule has 2 amide bonds. The van der Waals surface area contributed by atoms with Gasteiger partial charge in [-0.1, -0.05) is 30.3 Å². The van der Waals surface area contributed by atoms with Gasteiger partial charge in [0.15, 0.2) is 6.19 Å². The molecule has 1 N–H and O–H groups in total. The topological polar surface area (TPSA) is 56.1 Å². The summed E-state index contributed by atoms with van der Waals surface area (Å²) >= 11 is 1.77. The summed E-state index contributed by atoms with van der Waals surface area (Å²) < 4.78 is 0. The first-order valence-corrected chi connectivity index (χ1v) is 6.41. The fraction of sp³-hybridized carbons (Fsp3) is 0.333. The fourth-order valence-electron chi connectivity index (χ4n) is 1.21. The van der Waals surface area contributed by atoms with Crippen LogP contribution in [-0.4, -0.2) is 30.3 Å². The zero-order chi connectivity index (χ0) is 12.5. The van der Waals surface area contributed by atoms with Crippen LogP contribution in [-0.2, 0) is 5.75 Å². The van der Waals surface area contributed by atoms with Gasteiger partial charge in [0.2, 0.25) is 0 Å². The summed E-state index contributed by atoms with van der Waals surface area (Å²) in [6, 6.07) is 9.84. The lowest BCUT2D eigenvalue weighted by Gasteiger charge is -2.14. The zero-order valence-corrected chi connectivity index (χ0v) is 10.5. The monoisotopic (exact) mass is 249 g/mol. The van der Waals surface area contributed by atoms with Crippen LogP contribution in [0, 0.1) is 11.5 Å². The summed E-state index contributed by atoms with van der Waals surface area (Å²) in [5, 5.41) is 10.4. The van der Waals surface area contributed by atoms with Gasteiger partial charge in [0.25, 0.3) is 0 Å². The molecule has 5 heteroatoms. The highest BCUT2D eigenvalue weighted by atomic mass is 32.2. The third-order valence-electron chi connectivity index (χ3n) is 2.19. The Balaban J connectivity index is 2.16. The Morgan fingerprint density at radius 3 is 2.82 bits per heavy atom. The first kappa shape index (κ1) is 13.4. The molecule has 0 unspecified atom stereocenters. The normalized spacial score (nSPS) is 9.41. The van der Waals surface area contributed by atoms with E-state index in [0.717, 1.165) is 11.5 Å². The second-order valence-electron chi connectivity index (χ2n) is 3.50. The van der Waals surface area contributed by atoms with Crippen LogP contribution in [0.2, 0.25) is 0 Å². The lowest BCUT2D eigenvalue weighted by molar-refractivity contribution is 0.216. The maximum Gasteiger partial charge on any atom is 0.330 e. The number of carbonyl (C=O) groups excluding carboxylic acids is 1. The number of urea groups is 1. The van der Waals surface area contributed by atoms with Crippen molar-refractivity contribution in [3.05, 3.63) is 35.9 Å². The molecule has 0 aliphatic heterocycles. The quantitative estimate of drug-likeness (QED) is 0.493.